The molecule has 1 amide bonds. The molecule has 2 aromatic rings. The van der Waals surface area contributed by atoms with Gasteiger partial charge in [0.25, 0.3) is 5.91 Å². The highest BCUT2D eigenvalue weighted by molar-refractivity contribution is 5.97. The number of nitrogens with zero attached hydrogens (tertiary/aromatic N) is 1. The smallest absolute Gasteiger partial charge is 0.257 e. The third kappa shape index (κ3) is 3.83. The van der Waals surface area contributed by atoms with E-state index in [1.165, 1.54) is 0 Å². The van der Waals surface area contributed by atoms with Crippen molar-refractivity contribution in [2.45, 2.75) is 19.9 Å². The second-order valence-electron chi connectivity index (χ2n) is 5.29. The van der Waals surface area contributed by atoms with Crippen LogP contribution < -0.4 is 9.47 Å². The first-order chi connectivity index (χ1) is 11.1. The molecule has 122 valence electrons. The van der Waals surface area contributed by atoms with E-state index in [1.807, 2.05) is 56.3 Å². The first kappa shape index (κ1) is 16.9. The molecule has 23 heavy (non-hydrogen) atoms. The van der Waals surface area contributed by atoms with Crippen LogP contribution in [0.4, 0.5) is 0 Å². The molecule has 2 aromatic carbocycles. The summed E-state index contributed by atoms with van der Waals surface area (Å²) in [5.41, 5.74) is 1.63. The van der Waals surface area contributed by atoms with E-state index < -0.39 is 0 Å². The molecule has 0 radical (unpaired) electrons. The molecule has 0 N–H and O–H groups in total. The van der Waals surface area contributed by atoms with E-state index >= 15 is 0 Å². The summed E-state index contributed by atoms with van der Waals surface area (Å²) in [6, 6.07) is 15.0. The number of carbonyl (C=O) groups is 1. The Bertz CT molecular complexity index is 652. The summed E-state index contributed by atoms with van der Waals surface area (Å²) in [6.45, 7) is 4.44. The van der Waals surface area contributed by atoms with Crippen molar-refractivity contribution in [2.24, 2.45) is 0 Å². The Morgan fingerprint density at radius 1 is 1.13 bits per heavy atom. The molecular weight excluding hydrogens is 290 g/mol. The Balaban J connectivity index is 2.21. The Hall–Kier alpha value is -2.49. The van der Waals surface area contributed by atoms with Gasteiger partial charge < -0.3 is 14.4 Å². The molecule has 0 heterocycles. The SMILES string of the molecule is CCOc1ccccc1C(=O)N(C)C(C)c1ccc(OC)cc1. The molecule has 0 aliphatic heterocycles. The Morgan fingerprint density at radius 3 is 2.39 bits per heavy atom. The third-order valence-corrected chi connectivity index (χ3v) is 3.92. The van der Waals surface area contributed by atoms with E-state index in [9.17, 15) is 4.79 Å². The molecule has 0 bridgehead atoms. The van der Waals surface area contributed by atoms with Gasteiger partial charge in [-0.25, -0.2) is 0 Å². The van der Waals surface area contributed by atoms with Gasteiger partial charge in [0.05, 0.1) is 25.3 Å². The Labute approximate surface area is 137 Å². The van der Waals surface area contributed by atoms with Crippen molar-refractivity contribution < 1.29 is 14.3 Å². The fraction of sp³-hybridized carbons (Fsp3) is 0.316. The van der Waals surface area contributed by atoms with Crippen molar-refractivity contribution in [1.29, 1.82) is 0 Å². The molecule has 0 saturated carbocycles. The quantitative estimate of drug-likeness (QED) is 0.811. The minimum atomic E-state index is -0.0580. The number of carbonyl (C=O) groups excluding carboxylic acids is 1. The average molecular weight is 313 g/mol. The number of hydrogen-bond donors (Lipinski definition) is 0. The predicted octanol–water partition coefficient (Wildman–Crippen LogP) is 3.93. The normalized spacial score (nSPS) is 11.7. The second-order valence-corrected chi connectivity index (χ2v) is 5.29. The lowest BCUT2D eigenvalue weighted by Crippen LogP contribution is -2.30. The fourth-order valence-electron chi connectivity index (χ4n) is 2.40. The molecule has 1 atom stereocenters. The molecule has 2 rings (SSSR count). The van der Waals surface area contributed by atoms with Gasteiger partial charge in [-0.05, 0) is 43.7 Å². The Kier molecular flexibility index (Phi) is 5.63. The molecular formula is C19H23NO3. The maximum atomic E-state index is 12.8. The minimum absolute atomic E-state index is 0.0527. The lowest BCUT2D eigenvalue weighted by molar-refractivity contribution is 0.0738. The van der Waals surface area contributed by atoms with Gasteiger partial charge in [-0.15, -0.1) is 0 Å². The van der Waals surface area contributed by atoms with Crippen molar-refractivity contribution in [2.75, 3.05) is 20.8 Å². The van der Waals surface area contributed by atoms with Crippen LogP contribution in [-0.2, 0) is 0 Å². The fourth-order valence-corrected chi connectivity index (χ4v) is 2.40. The van der Waals surface area contributed by atoms with Crippen molar-refractivity contribution in [3.63, 3.8) is 0 Å². The van der Waals surface area contributed by atoms with E-state index in [1.54, 1.807) is 25.1 Å². The van der Waals surface area contributed by atoms with E-state index in [2.05, 4.69) is 0 Å². The van der Waals surface area contributed by atoms with E-state index in [4.69, 9.17) is 9.47 Å². The van der Waals surface area contributed by atoms with Crippen LogP contribution in [0.25, 0.3) is 0 Å². The highest BCUT2D eigenvalue weighted by Gasteiger charge is 2.21. The van der Waals surface area contributed by atoms with Crippen LogP contribution in [0.1, 0.15) is 35.8 Å². The zero-order valence-electron chi connectivity index (χ0n) is 14.1. The van der Waals surface area contributed by atoms with Crippen LogP contribution in [0.2, 0.25) is 0 Å². The zero-order chi connectivity index (χ0) is 16.8. The maximum absolute atomic E-state index is 12.8. The molecule has 0 aromatic heterocycles. The van der Waals surface area contributed by atoms with Gasteiger partial charge in [0.1, 0.15) is 11.5 Å². The van der Waals surface area contributed by atoms with Gasteiger partial charge in [0, 0.05) is 7.05 Å². The monoisotopic (exact) mass is 313 g/mol. The standard InChI is InChI=1S/C19H23NO3/c1-5-23-18-9-7-6-8-17(18)19(21)20(3)14(2)15-10-12-16(22-4)13-11-15/h6-14H,5H2,1-4H3. The summed E-state index contributed by atoms with van der Waals surface area (Å²) in [5.74, 6) is 1.36. The topological polar surface area (TPSA) is 38.8 Å². The summed E-state index contributed by atoms with van der Waals surface area (Å²) in [5, 5.41) is 0. The largest absolute Gasteiger partial charge is 0.497 e. The maximum Gasteiger partial charge on any atom is 0.257 e. The Morgan fingerprint density at radius 2 is 1.78 bits per heavy atom. The second kappa shape index (κ2) is 7.68. The number of hydrogen-bond acceptors (Lipinski definition) is 3. The van der Waals surface area contributed by atoms with Gasteiger partial charge in [0.15, 0.2) is 0 Å². The van der Waals surface area contributed by atoms with Crippen LogP contribution in [0, 0.1) is 0 Å². The van der Waals surface area contributed by atoms with Crippen molar-refractivity contribution in [1.82, 2.24) is 4.90 Å². The van der Waals surface area contributed by atoms with E-state index in [0.717, 1.165) is 11.3 Å². The molecule has 0 fully saturated rings. The number of benzene rings is 2. The number of amides is 1. The van der Waals surface area contributed by atoms with Crippen LogP contribution >= 0.6 is 0 Å². The first-order valence-electron chi connectivity index (χ1n) is 7.71. The number of ether oxygens (including phenoxy) is 2. The van der Waals surface area contributed by atoms with Crippen molar-refractivity contribution in [3.05, 3.63) is 59.7 Å². The summed E-state index contributed by atoms with van der Waals surface area (Å²) in [4.78, 5) is 14.5. The molecule has 0 spiro atoms. The average Bonchev–Trinajstić information content (AvgIpc) is 2.60. The highest BCUT2D eigenvalue weighted by atomic mass is 16.5. The van der Waals surface area contributed by atoms with Crippen molar-refractivity contribution in [3.8, 4) is 11.5 Å². The van der Waals surface area contributed by atoms with E-state index in [-0.39, 0.29) is 11.9 Å². The number of rotatable bonds is 6. The third-order valence-electron chi connectivity index (χ3n) is 3.92. The van der Waals surface area contributed by atoms with Crippen LogP contribution in [0.15, 0.2) is 48.5 Å². The van der Waals surface area contributed by atoms with Crippen molar-refractivity contribution >= 4 is 5.91 Å². The summed E-state index contributed by atoms with van der Waals surface area (Å²) < 4.78 is 10.7. The molecule has 0 aliphatic carbocycles. The van der Waals surface area contributed by atoms with Crippen LogP contribution in [0.5, 0.6) is 11.5 Å². The molecule has 0 saturated heterocycles. The van der Waals surface area contributed by atoms with Gasteiger partial charge in [-0.2, -0.15) is 0 Å². The minimum Gasteiger partial charge on any atom is -0.497 e. The number of methoxy groups -OCH3 is 1. The molecule has 4 heteroatoms. The van der Waals surface area contributed by atoms with E-state index in [0.29, 0.717) is 17.9 Å². The van der Waals surface area contributed by atoms with Gasteiger partial charge >= 0.3 is 0 Å². The summed E-state index contributed by atoms with van der Waals surface area (Å²) in [7, 11) is 3.44. The first-order valence-corrected chi connectivity index (χ1v) is 7.71. The van der Waals surface area contributed by atoms with Crippen LogP contribution in [0.3, 0.4) is 0 Å². The highest BCUT2D eigenvalue weighted by Crippen LogP contribution is 2.26. The van der Waals surface area contributed by atoms with Crippen LogP contribution in [-0.4, -0.2) is 31.6 Å². The summed E-state index contributed by atoms with van der Waals surface area (Å²) >= 11 is 0. The molecule has 0 aliphatic rings. The molecule has 1 unspecified atom stereocenters. The lowest BCUT2D eigenvalue weighted by Gasteiger charge is -2.26. The lowest BCUT2D eigenvalue weighted by atomic mass is 10.1. The van der Waals surface area contributed by atoms with Gasteiger partial charge in [-0.3, -0.25) is 4.79 Å². The van der Waals surface area contributed by atoms with Gasteiger partial charge in [-0.1, -0.05) is 24.3 Å². The molecule has 4 nitrogen and oxygen atoms in total. The predicted molar refractivity (Wildman–Crippen MR) is 91.1 cm³/mol. The van der Waals surface area contributed by atoms with Gasteiger partial charge in [0.2, 0.25) is 0 Å². The number of para-hydroxylation sites is 1. The zero-order valence-corrected chi connectivity index (χ0v) is 14.1. The summed E-state index contributed by atoms with van der Waals surface area (Å²) in [6.07, 6.45) is 0.